The molecular formula is C13H17NO2. The van der Waals surface area contributed by atoms with E-state index in [0.29, 0.717) is 0 Å². The van der Waals surface area contributed by atoms with E-state index < -0.39 is 5.97 Å². The molecule has 0 spiro atoms. The largest absolute Gasteiger partial charge is 0.481 e. The fraction of sp³-hybridized carbons (Fsp3) is 0.462. The van der Waals surface area contributed by atoms with Crippen LogP contribution >= 0.6 is 0 Å². The van der Waals surface area contributed by atoms with Gasteiger partial charge in [0, 0.05) is 18.8 Å². The van der Waals surface area contributed by atoms with Crippen LogP contribution in [0.15, 0.2) is 24.3 Å². The Morgan fingerprint density at radius 3 is 2.56 bits per heavy atom. The van der Waals surface area contributed by atoms with Gasteiger partial charge in [-0.15, -0.1) is 0 Å². The lowest BCUT2D eigenvalue weighted by atomic mass is 10.1. The molecule has 1 aliphatic heterocycles. The summed E-state index contributed by atoms with van der Waals surface area (Å²) in [4.78, 5) is 13.1. The predicted molar refractivity (Wildman–Crippen MR) is 63.8 cm³/mol. The molecule has 0 bridgehead atoms. The predicted octanol–water partition coefficient (Wildman–Crippen LogP) is 2.30. The number of nitrogens with zero attached hydrogens (tertiary/aromatic N) is 1. The first-order valence-corrected chi connectivity index (χ1v) is 5.82. The van der Waals surface area contributed by atoms with Gasteiger partial charge >= 0.3 is 5.97 Å². The van der Waals surface area contributed by atoms with Crippen molar-refractivity contribution in [1.82, 2.24) is 0 Å². The Morgan fingerprint density at radius 2 is 1.88 bits per heavy atom. The first kappa shape index (κ1) is 11.0. The SMILES string of the molecule is O=C(O)Cc1ccccc1N1CCCCC1. The Bertz CT molecular complexity index is 370. The van der Waals surface area contributed by atoms with E-state index in [1.807, 2.05) is 24.3 Å². The highest BCUT2D eigenvalue weighted by Crippen LogP contribution is 2.24. The van der Waals surface area contributed by atoms with E-state index >= 15 is 0 Å². The van der Waals surface area contributed by atoms with Gasteiger partial charge < -0.3 is 10.0 Å². The summed E-state index contributed by atoms with van der Waals surface area (Å²) in [5.74, 6) is -0.760. The van der Waals surface area contributed by atoms with Crippen molar-refractivity contribution in [1.29, 1.82) is 0 Å². The molecule has 1 heterocycles. The standard InChI is InChI=1S/C13H17NO2/c15-13(16)10-11-6-2-3-7-12(11)14-8-4-1-5-9-14/h2-3,6-7H,1,4-5,8-10H2,(H,15,16). The highest BCUT2D eigenvalue weighted by molar-refractivity contribution is 5.73. The Kier molecular flexibility index (Phi) is 3.44. The summed E-state index contributed by atoms with van der Waals surface area (Å²) in [6, 6.07) is 7.84. The number of benzene rings is 1. The Labute approximate surface area is 95.7 Å². The molecule has 86 valence electrons. The molecule has 3 heteroatoms. The number of aliphatic carboxylic acids is 1. The third-order valence-electron chi connectivity index (χ3n) is 3.03. The number of piperidine rings is 1. The van der Waals surface area contributed by atoms with E-state index in [9.17, 15) is 4.79 Å². The topological polar surface area (TPSA) is 40.5 Å². The summed E-state index contributed by atoms with van der Waals surface area (Å²) in [5.41, 5.74) is 2.03. The average Bonchev–Trinajstić information content (AvgIpc) is 2.30. The number of anilines is 1. The fourth-order valence-electron chi connectivity index (χ4n) is 2.27. The van der Waals surface area contributed by atoms with Crippen LogP contribution in [0.25, 0.3) is 0 Å². The second-order valence-electron chi connectivity index (χ2n) is 4.25. The minimum atomic E-state index is -0.760. The summed E-state index contributed by atoms with van der Waals surface area (Å²) in [6.45, 7) is 2.10. The van der Waals surface area contributed by atoms with E-state index in [-0.39, 0.29) is 6.42 Å². The number of carboxylic acid groups (broad SMARTS) is 1. The van der Waals surface area contributed by atoms with Crippen molar-refractivity contribution in [2.24, 2.45) is 0 Å². The van der Waals surface area contributed by atoms with Gasteiger partial charge in [-0.25, -0.2) is 0 Å². The smallest absolute Gasteiger partial charge is 0.307 e. The zero-order valence-electron chi connectivity index (χ0n) is 9.35. The summed E-state index contributed by atoms with van der Waals surface area (Å²) >= 11 is 0. The van der Waals surface area contributed by atoms with Gasteiger partial charge in [-0.2, -0.15) is 0 Å². The van der Waals surface area contributed by atoms with E-state index in [4.69, 9.17) is 5.11 Å². The maximum Gasteiger partial charge on any atom is 0.307 e. The number of rotatable bonds is 3. The van der Waals surface area contributed by atoms with Crippen molar-refractivity contribution in [3.63, 3.8) is 0 Å². The van der Waals surface area contributed by atoms with Crippen molar-refractivity contribution >= 4 is 11.7 Å². The average molecular weight is 219 g/mol. The quantitative estimate of drug-likeness (QED) is 0.848. The van der Waals surface area contributed by atoms with Gasteiger partial charge in [0.15, 0.2) is 0 Å². The second-order valence-corrected chi connectivity index (χ2v) is 4.25. The molecule has 0 unspecified atom stereocenters. The van der Waals surface area contributed by atoms with E-state index in [1.165, 1.54) is 19.3 Å². The van der Waals surface area contributed by atoms with E-state index in [1.54, 1.807) is 0 Å². The molecule has 0 aliphatic carbocycles. The molecule has 3 nitrogen and oxygen atoms in total. The van der Waals surface area contributed by atoms with Crippen molar-refractivity contribution < 1.29 is 9.90 Å². The van der Waals surface area contributed by atoms with E-state index in [0.717, 1.165) is 24.3 Å². The van der Waals surface area contributed by atoms with Crippen LogP contribution in [0, 0.1) is 0 Å². The number of para-hydroxylation sites is 1. The van der Waals surface area contributed by atoms with Crippen molar-refractivity contribution in [3.8, 4) is 0 Å². The minimum absolute atomic E-state index is 0.118. The van der Waals surface area contributed by atoms with Crippen LogP contribution in [0.3, 0.4) is 0 Å². The van der Waals surface area contributed by atoms with Gasteiger partial charge in [0.2, 0.25) is 0 Å². The van der Waals surface area contributed by atoms with Crippen molar-refractivity contribution in [2.75, 3.05) is 18.0 Å². The van der Waals surface area contributed by atoms with Crippen LogP contribution in [-0.4, -0.2) is 24.2 Å². The normalized spacial score (nSPS) is 16.1. The maximum atomic E-state index is 10.8. The van der Waals surface area contributed by atoms with E-state index in [2.05, 4.69) is 4.90 Å². The van der Waals surface area contributed by atoms with Crippen LogP contribution in [0.4, 0.5) is 5.69 Å². The maximum absolute atomic E-state index is 10.8. The Hall–Kier alpha value is -1.51. The van der Waals surface area contributed by atoms with Crippen LogP contribution in [0.2, 0.25) is 0 Å². The number of carbonyl (C=O) groups is 1. The molecule has 0 aromatic heterocycles. The van der Waals surface area contributed by atoms with Crippen LogP contribution in [-0.2, 0) is 11.2 Å². The van der Waals surface area contributed by atoms with Gasteiger partial charge in [0.05, 0.1) is 6.42 Å². The monoisotopic (exact) mass is 219 g/mol. The van der Waals surface area contributed by atoms with Crippen molar-refractivity contribution in [3.05, 3.63) is 29.8 Å². The Morgan fingerprint density at radius 1 is 1.19 bits per heavy atom. The molecule has 1 aromatic carbocycles. The van der Waals surface area contributed by atoms with Gasteiger partial charge in [-0.3, -0.25) is 4.79 Å². The molecule has 1 N–H and O–H groups in total. The molecule has 1 aliphatic rings. The molecule has 0 atom stereocenters. The zero-order chi connectivity index (χ0) is 11.4. The summed E-state index contributed by atoms with van der Waals surface area (Å²) in [5, 5.41) is 8.87. The number of hydrogen-bond donors (Lipinski definition) is 1. The molecule has 2 rings (SSSR count). The van der Waals surface area contributed by atoms with Gasteiger partial charge in [0.1, 0.15) is 0 Å². The summed E-state index contributed by atoms with van der Waals surface area (Å²) in [7, 11) is 0. The van der Waals surface area contributed by atoms with Crippen LogP contribution < -0.4 is 4.90 Å². The molecule has 1 aromatic rings. The van der Waals surface area contributed by atoms with Gasteiger partial charge in [-0.05, 0) is 30.9 Å². The van der Waals surface area contributed by atoms with Crippen LogP contribution in [0.1, 0.15) is 24.8 Å². The second kappa shape index (κ2) is 5.01. The third-order valence-corrected chi connectivity index (χ3v) is 3.03. The Balaban J connectivity index is 2.20. The number of hydrogen-bond acceptors (Lipinski definition) is 2. The lowest BCUT2D eigenvalue weighted by Gasteiger charge is -2.30. The van der Waals surface area contributed by atoms with Crippen molar-refractivity contribution in [2.45, 2.75) is 25.7 Å². The third kappa shape index (κ3) is 2.54. The molecular weight excluding hydrogens is 202 g/mol. The first-order chi connectivity index (χ1) is 7.77. The highest BCUT2D eigenvalue weighted by atomic mass is 16.4. The van der Waals surface area contributed by atoms with Gasteiger partial charge in [0.25, 0.3) is 0 Å². The van der Waals surface area contributed by atoms with Gasteiger partial charge in [-0.1, -0.05) is 18.2 Å². The molecule has 0 radical (unpaired) electrons. The lowest BCUT2D eigenvalue weighted by Crippen LogP contribution is -2.30. The highest BCUT2D eigenvalue weighted by Gasteiger charge is 2.15. The molecule has 0 saturated carbocycles. The summed E-state index contributed by atoms with van der Waals surface area (Å²) < 4.78 is 0. The summed E-state index contributed by atoms with van der Waals surface area (Å²) in [6.07, 6.45) is 3.83. The number of carboxylic acids is 1. The first-order valence-electron chi connectivity index (χ1n) is 5.82. The molecule has 0 amide bonds. The molecule has 1 fully saturated rings. The van der Waals surface area contributed by atoms with Crippen LogP contribution in [0.5, 0.6) is 0 Å². The molecule has 1 saturated heterocycles. The zero-order valence-corrected chi connectivity index (χ0v) is 9.35. The fourth-order valence-corrected chi connectivity index (χ4v) is 2.27. The lowest BCUT2D eigenvalue weighted by molar-refractivity contribution is -0.136. The molecule has 16 heavy (non-hydrogen) atoms. The minimum Gasteiger partial charge on any atom is -0.481 e.